The van der Waals surface area contributed by atoms with Crippen molar-refractivity contribution in [2.45, 2.75) is 12.5 Å². The predicted molar refractivity (Wildman–Crippen MR) is 89.9 cm³/mol. The second-order valence-corrected chi connectivity index (χ2v) is 5.65. The molecule has 3 heterocycles. The van der Waals surface area contributed by atoms with Crippen LogP contribution >= 0.6 is 15.9 Å². The van der Waals surface area contributed by atoms with Crippen molar-refractivity contribution >= 4 is 21.9 Å². The summed E-state index contributed by atoms with van der Waals surface area (Å²) in [6.45, 7) is 1.24. The third-order valence-corrected chi connectivity index (χ3v) is 3.67. The summed E-state index contributed by atoms with van der Waals surface area (Å²) in [5.74, 6) is -0.0933. The van der Waals surface area contributed by atoms with Crippen molar-refractivity contribution in [3.05, 3.63) is 59.1 Å². The van der Waals surface area contributed by atoms with Gasteiger partial charge in [0.15, 0.2) is 0 Å². The highest BCUT2D eigenvalue weighted by Gasteiger charge is 2.17. The maximum atomic E-state index is 9.51. The summed E-state index contributed by atoms with van der Waals surface area (Å²) in [6, 6.07) is 9.43. The van der Waals surface area contributed by atoms with Crippen molar-refractivity contribution in [1.82, 2.24) is 29.7 Å². The smallest absolute Gasteiger partial charge is 0.222 e. The summed E-state index contributed by atoms with van der Waals surface area (Å²) >= 11 is 3.32. The molecule has 1 N–H and O–H groups in total. The summed E-state index contributed by atoms with van der Waals surface area (Å²) in [4.78, 5) is 16.8. The van der Waals surface area contributed by atoms with Gasteiger partial charge in [-0.15, -0.1) is 0 Å². The maximum absolute atomic E-state index is 9.51. The normalized spacial score (nSPS) is 11.7. The Morgan fingerprint density at radius 3 is 2.88 bits per heavy atom. The summed E-state index contributed by atoms with van der Waals surface area (Å²) < 4.78 is 2.39. The standard InChI is InChI=1S/C15H13BrN8/c16-14-3-1-2-12(22-14)11(8-17)13-4-5-19-15(23-13)20-6-7-24-10-18-9-21-24/h1-5,9-11H,6-7H2,(H,19,20,23). The first kappa shape index (κ1) is 16.0. The lowest BCUT2D eigenvalue weighted by Gasteiger charge is -2.10. The summed E-state index contributed by atoms with van der Waals surface area (Å²) in [5, 5.41) is 16.6. The summed E-state index contributed by atoms with van der Waals surface area (Å²) in [6.07, 6.45) is 4.76. The number of nitriles is 1. The molecular weight excluding hydrogens is 372 g/mol. The second-order valence-electron chi connectivity index (χ2n) is 4.84. The first-order valence-electron chi connectivity index (χ1n) is 7.17. The van der Waals surface area contributed by atoms with E-state index in [9.17, 15) is 5.26 Å². The van der Waals surface area contributed by atoms with Gasteiger partial charge in [-0.3, -0.25) is 4.68 Å². The van der Waals surface area contributed by atoms with E-state index in [1.165, 1.54) is 6.33 Å². The van der Waals surface area contributed by atoms with E-state index in [-0.39, 0.29) is 0 Å². The number of nitrogens with zero attached hydrogens (tertiary/aromatic N) is 7. The van der Waals surface area contributed by atoms with E-state index in [2.05, 4.69) is 52.4 Å². The van der Waals surface area contributed by atoms with E-state index in [4.69, 9.17) is 0 Å². The Labute approximate surface area is 146 Å². The van der Waals surface area contributed by atoms with Crippen molar-refractivity contribution in [1.29, 1.82) is 5.26 Å². The zero-order valence-corrected chi connectivity index (χ0v) is 14.1. The van der Waals surface area contributed by atoms with Crippen molar-refractivity contribution < 1.29 is 0 Å². The van der Waals surface area contributed by atoms with Gasteiger partial charge in [-0.25, -0.2) is 19.9 Å². The molecule has 0 aromatic carbocycles. The fourth-order valence-electron chi connectivity index (χ4n) is 2.12. The molecule has 0 saturated heterocycles. The zero-order valence-electron chi connectivity index (χ0n) is 12.5. The van der Waals surface area contributed by atoms with E-state index < -0.39 is 5.92 Å². The lowest BCUT2D eigenvalue weighted by Crippen LogP contribution is -2.14. The van der Waals surface area contributed by atoms with E-state index >= 15 is 0 Å². The Kier molecular flexibility index (Phi) is 5.08. The molecule has 0 bridgehead atoms. The van der Waals surface area contributed by atoms with Crippen molar-refractivity contribution in [2.24, 2.45) is 0 Å². The van der Waals surface area contributed by atoms with E-state index in [1.54, 1.807) is 29.3 Å². The molecule has 3 rings (SSSR count). The fraction of sp³-hybridized carbons (Fsp3) is 0.200. The van der Waals surface area contributed by atoms with Crippen LogP contribution in [0.1, 0.15) is 17.3 Å². The van der Waals surface area contributed by atoms with Crippen LogP contribution in [-0.2, 0) is 6.54 Å². The van der Waals surface area contributed by atoms with Gasteiger partial charge < -0.3 is 5.32 Å². The highest BCUT2D eigenvalue weighted by molar-refractivity contribution is 9.10. The molecule has 3 aromatic heterocycles. The summed E-state index contributed by atoms with van der Waals surface area (Å²) in [5.41, 5.74) is 1.24. The van der Waals surface area contributed by atoms with Crippen LogP contribution in [0.2, 0.25) is 0 Å². The molecule has 24 heavy (non-hydrogen) atoms. The molecule has 0 amide bonds. The number of halogens is 1. The lowest BCUT2D eigenvalue weighted by molar-refractivity contribution is 0.634. The highest BCUT2D eigenvalue weighted by Crippen LogP contribution is 2.22. The highest BCUT2D eigenvalue weighted by atomic mass is 79.9. The first-order valence-corrected chi connectivity index (χ1v) is 7.97. The van der Waals surface area contributed by atoms with Crippen molar-refractivity contribution in [3.63, 3.8) is 0 Å². The number of hydrogen-bond acceptors (Lipinski definition) is 7. The molecule has 0 aliphatic heterocycles. The third-order valence-electron chi connectivity index (χ3n) is 3.22. The molecule has 1 atom stereocenters. The number of hydrogen-bond donors (Lipinski definition) is 1. The van der Waals surface area contributed by atoms with Crippen molar-refractivity contribution in [3.8, 4) is 6.07 Å². The van der Waals surface area contributed by atoms with E-state index in [0.717, 1.165) is 0 Å². The van der Waals surface area contributed by atoms with Crippen LogP contribution in [0.25, 0.3) is 0 Å². The number of pyridine rings is 1. The Morgan fingerprint density at radius 1 is 1.25 bits per heavy atom. The number of aromatic nitrogens is 6. The fourth-order valence-corrected chi connectivity index (χ4v) is 2.47. The predicted octanol–water partition coefficient (Wildman–Crippen LogP) is 1.99. The molecule has 0 saturated carbocycles. The average Bonchev–Trinajstić information content (AvgIpc) is 3.10. The third kappa shape index (κ3) is 3.91. The van der Waals surface area contributed by atoms with Gasteiger partial charge in [-0.05, 0) is 34.1 Å². The van der Waals surface area contributed by atoms with Gasteiger partial charge >= 0.3 is 0 Å². The van der Waals surface area contributed by atoms with Gasteiger partial charge in [0.05, 0.1) is 24.0 Å². The largest absolute Gasteiger partial charge is 0.352 e. The van der Waals surface area contributed by atoms with Gasteiger partial charge in [0, 0.05) is 12.7 Å². The molecule has 8 nitrogen and oxygen atoms in total. The van der Waals surface area contributed by atoms with Crippen LogP contribution in [0.15, 0.2) is 47.7 Å². The first-order chi connectivity index (χ1) is 11.8. The van der Waals surface area contributed by atoms with Crippen LogP contribution in [0, 0.1) is 11.3 Å². The molecule has 0 fully saturated rings. The van der Waals surface area contributed by atoms with Crippen LogP contribution < -0.4 is 5.32 Å². The number of nitrogens with one attached hydrogen (secondary N) is 1. The van der Waals surface area contributed by atoms with E-state index in [0.29, 0.717) is 35.0 Å². The van der Waals surface area contributed by atoms with E-state index in [1.807, 2.05) is 12.1 Å². The van der Waals surface area contributed by atoms with Crippen LogP contribution in [0.5, 0.6) is 0 Å². The molecule has 120 valence electrons. The quantitative estimate of drug-likeness (QED) is 0.647. The molecule has 0 aliphatic rings. The molecule has 0 aliphatic carbocycles. The Hall–Kier alpha value is -2.86. The Bertz CT molecular complexity index is 843. The van der Waals surface area contributed by atoms with Crippen molar-refractivity contribution in [2.75, 3.05) is 11.9 Å². The minimum atomic E-state index is -0.554. The topological polar surface area (TPSA) is 105 Å². The molecule has 1 unspecified atom stereocenters. The van der Waals surface area contributed by atoms with Crippen LogP contribution in [0.3, 0.4) is 0 Å². The lowest BCUT2D eigenvalue weighted by atomic mass is 10.0. The minimum absolute atomic E-state index is 0.461. The number of anilines is 1. The molecule has 9 heteroatoms. The van der Waals surface area contributed by atoms with Gasteiger partial charge in [-0.1, -0.05) is 6.07 Å². The molecule has 0 radical (unpaired) electrons. The van der Waals surface area contributed by atoms with Crippen LogP contribution in [0.4, 0.5) is 5.95 Å². The Balaban J connectivity index is 1.72. The maximum Gasteiger partial charge on any atom is 0.222 e. The second kappa shape index (κ2) is 7.61. The minimum Gasteiger partial charge on any atom is -0.352 e. The van der Waals surface area contributed by atoms with Crippen LogP contribution in [-0.4, -0.2) is 36.3 Å². The molecule has 3 aromatic rings. The Morgan fingerprint density at radius 2 is 2.12 bits per heavy atom. The SMILES string of the molecule is N#CC(c1cccc(Br)n1)c1ccnc(NCCn2cncn2)n1. The monoisotopic (exact) mass is 384 g/mol. The summed E-state index contributed by atoms with van der Waals surface area (Å²) in [7, 11) is 0. The van der Waals surface area contributed by atoms with Gasteiger partial charge in [0.2, 0.25) is 5.95 Å². The van der Waals surface area contributed by atoms with Gasteiger partial charge in [-0.2, -0.15) is 10.4 Å². The molecular formula is C15H13BrN8. The average molecular weight is 385 g/mol. The van der Waals surface area contributed by atoms with Gasteiger partial charge in [0.25, 0.3) is 0 Å². The number of rotatable bonds is 6. The van der Waals surface area contributed by atoms with Gasteiger partial charge in [0.1, 0.15) is 23.2 Å². The molecule has 0 spiro atoms. The zero-order chi connectivity index (χ0) is 16.8.